The molecule has 0 radical (unpaired) electrons. The van der Waals surface area contributed by atoms with E-state index in [1.165, 1.54) is 49.7 Å². The number of nitrogens with zero attached hydrogens (tertiary/aromatic N) is 3. The highest BCUT2D eigenvalue weighted by Crippen LogP contribution is 2.46. The van der Waals surface area contributed by atoms with Crippen molar-refractivity contribution in [3.8, 4) is 0 Å². The van der Waals surface area contributed by atoms with Gasteiger partial charge in [-0.05, 0) is 34.3 Å². The fourth-order valence-electron chi connectivity index (χ4n) is 1.56. The van der Waals surface area contributed by atoms with E-state index in [1.54, 1.807) is 0 Å². The normalized spacial score (nSPS) is 12.9. The molecule has 0 bridgehead atoms. The molecular weight excluding hydrogens is 319 g/mol. The molecule has 0 aromatic heterocycles. The molecule has 1 N–H and O–H groups in total. The zero-order valence-electron chi connectivity index (χ0n) is 12.0. The lowest BCUT2D eigenvalue weighted by Gasteiger charge is -2.30. The van der Waals surface area contributed by atoms with Crippen LogP contribution in [0.1, 0.15) is 0 Å². The van der Waals surface area contributed by atoms with Crippen molar-refractivity contribution in [2.24, 2.45) is 0 Å². The number of hydrogen-bond donors (Lipinski definition) is 1. The summed E-state index contributed by atoms with van der Waals surface area (Å²) < 4.78 is 41.9. The topological polar surface area (TPSA) is 113 Å². The maximum atomic E-state index is 12.7. The Morgan fingerprint density at radius 3 is 2.05 bits per heavy atom. The molecule has 9 nitrogen and oxygen atoms in total. The number of nitro groups is 1. The summed E-state index contributed by atoms with van der Waals surface area (Å²) in [7, 11) is -2.13. The molecular formula is C10H17N4O5PS. The third-order valence-corrected chi connectivity index (χ3v) is 7.68. The molecule has 0 aliphatic rings. The van der Waals surface area contributed by atoms with Crippen LogP contribution in [0.5, 0.6) is 0 Å². The monoisotopic (exact) mass is 336 g/mol. The van der Waals surface area contributed by atoms with E-state index in [-0.39, 0.29) is 0 Å². The van der Waals surface area contributed by atoms with E-state index in [1.807, 2.05) is 0 Å². The van der Waals surface area contributed by atoms with E-state index in [9.17, 15) is 23.1 Å². The molecule has 0 heterocycles. The van der Waals surface area contributed by atoms with Crippen molar-refractivity contribution in [3.63, 3.8) is 0 Å². The van der Waals surface area contributed by atoms with E-state index in [2.05, 4.69) is 4.49 Å². The standard InChI is InChI=1S/C10H17N4O5PS/c1-12(2)20(17,13(3)4)11-21(18,19)10-8-6-5-7-9(10)14(15)16/h5-8H,1-4H3,(H,11,17). The first-order valence-electron chi connectivity index (χ1n) is 5.75. The first-order chi connectivity index (χ1) is 9.52. The molecule has 0 aliphatic carbocycles. The lowest BCUT2D eigenvalue weighted by molar-refractivity contribution is -0.387. The van der Waals surface area contributed by atoms with Crippen LogP contribution in [0, 0.1) is 10.1 Å². The molecule has 0 fully saturated rings. The van der Waals surface area contributed by atoms with Gasteiger partial charge in [-0.2, -0.15) is 0 Å². The summed E-state index contributed by atoms with van der Waals surface area (Å²) in [5.74, 6) is 0. The number of nitrogens with one attached hydrogen (secondary N) is 1. The summed E-state index contributed by atoms with van der Waals surface area (Å²) in [4.78, 5) is 9.60. The van der Waals surface area contributed by atoms with Crippen LogP contribution in [0.3, 0.4) is 0 Å². The summed E-state index contributed by atoms with van der Waals surface area (Å²) in [6.07, 6.45) is 0. The molecule has 11 heteroatoms. The van der Waals surface area contributed by atoms with Gasteiger partial charge < -0.3 is 0 Å². The van der Waals surface area contributed by atoms with Crippen LogP contribution in [0.25, 0.3) is 0 Å². The third kappa shape index (κ3) is 3.66. The predicted octanol–water partition coefficient (Wildman–Crippen LogP) is 1.10. The van der Waals surface area contributed by atoms with E-state index >= 15 is 0 Å². The Balaban J connectivity index is 3.37. The zero-order chi connectivity index (χ0) is 16.4. The fourth-order valence-corrected chi connectivity index (χ4v) is 5.91. The van der Waals surface area contributed by atoms with Crippen LogP contribution < -0.4 is 4.49 Å². The van der Waals surface area contributed by atoms with Crippen molar-refractivity contribution in [1.29, 1.82) is 0 Å². The van der Waals surface area contributed by atoms with Crippen LogP contribution in [0.15, 0.2) is 29.2 Å². The van der Waals surface area contributed by atoms with Crippen LogP contribution in [0.4, 0.5) is 5.69 Å². The van der Waals surface area contributed by atoms with Crippen molar-refractivity contribution in [2.45, 2.75) is 4.90 Å². The molecule has 21 heavy (non-hydrogen) atoms. The summed E-state index contributed by atoms with van der Waals surface area (Å²) in [5, 5.41) is 10.9. The van der Waals surface area contributed by atoms with Crippen molar-refractivity contribution < 1.29 is 17.9 Å². The van der Waals surface area contributed by atoms with E-state index in [0.29, 0.717) is 0 Å². The number of rotatable bonds is 6. The number of benzene rings is 1. The average molecular weight is 336 g/mol. The minimum atomic E-state index is -4.32. The molecule has 0 saturated carbocycles. The zero-order valence-corrected chi connectivity index (χ0v) is 13.8. The van der Waals surface area contributed by atoms with E-state index in [4.69, 9.17) is 0 Å². The van der Waals surface area contributed by atoms with Gasteiger partial charge in [0.25, 0.3) is 23.3 Å². The third-order valence-electron chi connectivity index (χ3n) is 2.67. The minimum Gasteiger partial charge on any atom is -0.270 e. The molecule has 0 unspecified atom stereocenters. The van der Waals surface area contributed by atoms with Gasteiger partial charge in [-0.25, -0.2) is 17.8 Å². The first kappa shape index (κ1) is 17.7. The van der Waals surface area contributed by atoms with Crippen molar-refractivity contribution in [3.05, 3.63) is 34.4 Å². The highest BCUT2D eigenvalue weighted by atomic mass is 32.2. The molecule has 0 saturated heterocycles. The van der Waals surface area contributed by atoms with Crippen LogP contribution in [-0.4, -0.2) is 50.9 Å². The molecule has 0 spiro atoms. The second kappa shape index (κ2) is 6.20. The van der Waals surface area contributed by atoms with Crippen LogP contribution in [-0.2, 0) is 14.6 Å². The van der Waals surface area contributed by atoms with Crippen molar-refractivity contribution >= 4 is 23.3 Å². The lowest BCUT2D eigenvalue weighted by atomic mass is 10.3. The Kier molecular flexibility index (Phi) is 5.24. The Morgan fingerprint density at radius 2 is 1.62 bits per heavy atom. The predicted molar refractivity (Wildman–Crippen MR) is 78.4 cm³/mol. The molecule has 0 atom stereocenters. The molecule has 0 amide bonds. The van der Waals surface area contributed by atoms with Crippen molar-refractivity contribution in [1.82, 2.24) is 13.8 Å². The van der Waals surface area contributed by atoms with Gasteiger partial charge in [0.15, 0.2) is 4.90 Å². The molecule has 1 aromatic carbocycles. The summed E-state index contributed by atoms with van der Waals surface area (Å²) in [6, 6.07) is 4.88. The van der Waals surface area contributed by atoms with E-state index < -0.39 is 33.1 Å². The molecule has 1 rings (SSSR count). The number of sulfonamides is 1. The maximum absolute atomic E-state index is 12.7. The van der Waals surface area contributed by atoms with Gasteiger partial charge in [0, 0.05) is 6.07 Å². The highest BCUT2D eigenvalue weighted by molar-refractivity contribution is 7.95. The van der Waals surface area contributed by atoms with Gasteiger partial charge in [-0.3, -0.25) is 14.7 Å². The molecule has 118 valence electrons. The Morgan fingerprint density at radius 1 is 1.14 bits per heavy atom. The minimum absolute atomic E-state index is 0.529. The van der Waals surface area contributed by atoms with Gasteiger partial charge in [0.1, 0.15) is 0 Å². The summed E-state index contributed by atoms with van der Waals surface area (Å²) in [5.41, 5.74) is -0.575. The van der Waals surface area contributed by atoms with Gasteiger partial charge in [0.2, 0.25) is 0 Å². The van der Waals surface area contributed by atoms with Crippen LogP contribution in [0.2, 0.25) is 0 Å². The van der Waals surface area contributed by atoms with Gasteiger partial charge in [-0.1, -0.05) is 12.1 Å². The largest absolute Gasteiger partial charge is 0.296 e. The second-order valence-electron chi connectivity index (χ2n) is 4.56. The number of nitro benzene ring substituents is 1. The van der Waals surface area contributed by atoms with Gasteiger partial charge >= 0.3 is 0 Å². The number of hydrogen-bond acceptors (Lipinski definition) is 5. The molecule has 1 aromatic rings. The fraction of sp³-hybridized carbons (Fsp3) is 0.400. The summed E-state index contributed by atoms with van der Waals surface area (Å²) >= 11 is 0. The smallest absolute Gasteiger partial charge is 0.270 e. The second-order valence-corrected chi connectivity index (χ2v) is 9.42. The first-order valence-corrected chi connectivity index (χ1v) is 8.85. The SMILES string of the molecule is CN(C)P(=O)(NS(=O)(=O)c1ccccc1[N+](=O)[O-])N(C)C. The Bertz CT molecular complexity index is 676. The van der Waals surface area contributed by atoms with Gasteiger partial charge in [-0.15, -0.1) is 4.49 Å². The average Bonchev–Trinajstić information content (AvgIpc) is 2.37. The van der Waals surface area contributed by atoms with Crippen molar-refractivity contribution in [2.75, 3.05) is 28.2 Å². The highest BCUT2D eigenvalue weighted by Gasteiger charge is 2.36. The Labute approximate surface area is 123 Å². The lowest BCUT2D eigenvalue weighted by Crippen LogP contribution is -2.34. The Hall–Kier alpha value is -1.32. The molecule has 0 aliphatic heterocycles. The quantitative estimate of drug-likeness (QED) is 0.470. The maximum Gasteiger partial charge on any atom is 0.296 e. The summed E-state index contributed by atoms with van der Waals surface area (Å²) in [6.45, 7) is 0. The van der Waals surface area contributed by atoms with Gasteiger partial charge in [0.05, 0.1) is 4.92 Å². The van der Waals surface area contributed by atoms with Crippen LogP contribution >= 0.6 is 7.59 Å². The van der Waals surface area contributed by atoms with E-state index in [0.717, 1.165) is 12.1 Å². The number of para-hydroxylation sites is 1.